The molecule has 5 rings (SSSR count). The summed E-state index contributed by atoms with van der Waals surface area (Å²) in [6, 6.07) is 14.9. The zero-order valence-corrected chi connectivity index (χ0v) is 23.7. The molecule has 2 aromatic heterocycles. The first kappa shape index (κ1) is 26.4. The van der Waals surface area contributed by atoms with Gasteiger partial charge in [0.2, 0.25) is 0 Å². The third kappa shape index (κ3) is 5.47. The lowest BCUT2D eigenvalue weighted by Gasteiger charge is -2.19. The second-order valence-corrected chi connectivity index (χ2v) is 11.0. The molecule has 1 aliphatic rings. The van der Waals surface area contributed by atoms with Crippen LogP contribution in [0.1, 0.15) is 42.1 Å². The molecule has 38 heavy (non-hydrogen) atoms. The van der Waals surface area contributed by atoms with Crippen molar-refractivity contribution in [2.75, 3.05) is 37.8 Å². The van der Waals surface area contributed by atoms with Gasteiger partial charge in [0, 0.05) is 66.5 Å². The Morgan fingerprint density at radius 2 is 1.87 bits per heavy atom. The van der Waals surface area contributed by atoms with E-state index < -0.39 is 0 Å². The average Bonchev–Trinajstić information content (AvgIpc) is 3.17. The minimum absolute atomic E-state index is 0.703. The molecule has 1 aliphatic heterocycles. The van der Waals surface area contributed by atoms with Crippen LogP contribution in [-0.4, -0.2) is 62.8 Å². The minimum atomic E-state index is 0.703. The van der Waals surface area contributed by atoms with Gasteiger partial charge in [-0.2, -0.15) is 0 Å². The van der Waals surface area contributed by atoms with Crippen LogP contribution in [0.5, 0.6) is 0 Å². The summed E-state index contributed by atoms with van der Waals surface area (Å²) in [6.07, 6.45) is 3.96. The van der Waals surface area contributed by atoms with E-state index >= 15 is 0 Å². The number of hydrogen-bond acceptors (Lipinski definition) is 7. The summed E-state index contributed by atoms with van der Waals surface area (Å²) in [5.41, 5.74) is 8.73. The Balaban J connectivity index is 1.18. The van der Waals surface area contributed by atoms with E-state index in [0.717, 1.165) is 95.5 Å². The summed E-state index contributed by atoms with van der Waals surface area (Å²) < 4.78 is 2.10. The zero-order chi connectivity index (χ0) is 26.6. The molecular weight excluding hydrogens is 490 g/mol. The fourth-order valence-electron chi connectivity index (χ4n) is 5.27. The van der Waals surface area contributed by atoms with Gasteiger partial charge in [-0.25, -0.2) is 0 Å². The molecule has 0 aliphatic carbocycles. The van der Waals surface area contributed by atoms with Crippen molar-refractivity contribution < 1.29 is 0 Å². The molecule has 2 N–H and O–H groups in total. The Morgan fingerprint density at radius 1 is 1.08 bits per heavy atom. The Morgan fingerprint density at radius 3 is 2.63 bits per heavy atom. The lowest BCUT2D eigenvalue weighted by Crippen LogP contribution is -2.27. The third-order valence-electron chi connectivity index (χ3n) is 7.48. The molecule has 0 spiro atoms. The monoisotopic (exact) mass is 527 g/mol. The van der Waals surface area contributed by atoms with Crippen LogP contribution >= 0.6 is 11.8 Å². The quantitative estimate of drug-likeness (QED) is 0.164. The number of anilines is 1. The van der Waals surface area contributed by atoms with Gasteiger partial charge >= 0.3 is 0 Å². The van der Waals surface area contributed by atoms with Gasteiger partial charge in [0.15, 0.2) is 11.0 Å². The van der Waals surface area contributed by atoms with Crippen LogP contribution in [0.2, 0.25) is 0 Å². The Hall–Kier alpha value is -3.23. The van der Waals surface area contributed by atoms with E-state index in [9.17, 15) is 0 Å². The zero-order valence-electron chi connectivity index (χ0n) is 22.8. The van der Waals surface area contributed by atoms with Gasteiger partial charge in [-0.3, -0.25) is 4.98 Å². The van der Waals surface area contributed by atoms with Gasteiger partial charge in [0.25, 0.3) is 0 Å². The van der Waals surface area contributed by atoms with E-state index in [1.807, 2.05) is 32.2 Å². The maximum absolute atomic E-state index is 8.36. The second kappa shape index (κ2) is 11.7. The van der Waals surface area contributed by atoms with Gasteiger partial charge in [0.05, 0.1) is 5.52 Å². The van der Waals surface area contributed by atoms with Crippen LogP contribution in [0.3, 0.4) is 0 Å². The number of aryl methyl sites for hydroxylation is 1. The SMILES string of the molecule is CCC(=N)c1cc2c(cc1NC)CCN(CCCSc1nnc(-c3cccc4nc(C)ccc34)n1C)CC2. The van der Waals surface area contributed by atoms with Crippen LogP contribution in [0.15, 0.2) is 47.6 Å². The third-order valence-corrected chi connectivity index (χ3v) is 8.59. The van der Waals surface area contributed by atoms with E-state index in [1.54, 1.807) is 11.8 Å². The second-order valence-electron chi connectivity index (χ2n) is 9.98. The van der Waals surface area contributed by atoms with Crippen molar-refractivity contribution >= 4 is 34.1 Å². The smallest absolute Gasteiger partial charge is 0.191 e. The summed E-state index contributed by atoms with van der Waals surface area (Å²) in [5.74, 6) is 1.89. The number of rotatable bonds is 9. The van der Waals surface area contributed by atoms with E-state index in [4.69, 9.17) is 5.41 Å². The van der Waals surface area contributed by atoms with Crippen LogP contribution in [0.4, 0.5) is 5.69 Å². The molecular formula is C30H37N7S. The maximum atomic E-state index is 8.36. The predicted molar refractivity (Wildman–Crippen MR) is 159 cm³/mol. The fourth-order valence-corrected chi connectivity index (χ4v) is 6.11. The molecule has 3 heterocycles. The largest absolute Gasteiger partial charge is 0.388 e. The number of hydrogen-bond donors (Lipinski definition) is 2. The van der Waals surface area contributed by atoms with Crippen LogP contribution < -0.4 is 5.32 Å². The number of benzene rings is 2. The molecule has 0 bridgehead atoms. The number of pyridine rings is 1. The van der Waals surface area contributed by atoms with E-state index in [-0.39, 0.29) is 0 Å². The lowest BCUT2D eigenvalue weighted by atomic mass is 9.95. The first-order chi connectivity index (χ1) is 18.5. The van der Waals surface area contributed by atoms with Gasteiger partial charge < -0.3 is 20.2 Å². The number of fused-ring (bicyclic) bond motifs is 2. The van der Waals surface area contributed by atoms with Crippen molar-refractivity contribution in [3.05, 3.63) is 64.8 Å². The van der Waals surface area contributed by atoms with Crippen molar-refractivity contribution in [2.45, 2.75) is 44.7 Å². The number of nitrogens with one attached hydrogen (secondary N) is 2. The highest BCUT2D eigenvalue weighted by atomic mass is 32.2. The van der Waals surface area contributed by atoms with E-state index in [1.165, 1.54) is 11.1 Å². The summed E-state index contributed by atoms with van der Waals surface area (Å²) in [5, 5.41) is 22.8. The Bertz CT molecular complexity index is 1460. The summed E-state index contributed by atoms with van der Waals surface area (Å²) in [6.45, 7) is 7.29. The molecule has 2 aromatic carbocycles. The van der Waals surface area contributed by atoms with Crippen molar-refractivity contribution in [3.8, 4) is 11.4 Å². The summed E-state index contributed by atoms with van der Waals surface area (Å²) >= 11 is 1.78. The van der Waals surface area contributed by atoms with Gasteiger partial charge in [-0.05, 0) is 74.5 Å². The highest BCUT2D eigenvalue weighted by Gasteiger charge is 2.18. The first-order valence-corrected chi connectivity index (χ1v) is 14.5. The highest BCUT2D eigenvalue weighted by molar-refractivity contribution is 7.99. The lowest BCUT2D eigenvalue weighted by molar-refractivity contribution is 0.289. The molecule has 198 valence electrons. The Labute approximate surface area is 229 Å². The molecule has 0 saturated heterocycles. The Kier molecular flexibility index (Phi) is 8.09. The van der Waals surface area contributed by atoms with Gasteiger partial charge in [-0.1, -0.05) is 36.9 Å². The normalized spacial score (nSPS) is 13.9. The number of nitrogens with zero attached hydrogens (tertiary/aromatic N) is 5. The molecule has 0 saturated carbocycles. The molecule has 8 heteroatoms. The van der Waals surface area contributed by atoms with Crippen molar-refractivity contribution in [1.29, 1.82) is 5.41 Å². The summed E-state index contributed by atoms with van der Waals surface area (Å²) in [7, 11) is 4.01. The molecule has 4 aromatic rings. The number of thioether (sulfide) groups is 1. The van der Waals surface area contributed by atoms with Crippen LogP contribution in [0, 0.1) is 12.3 Å². The van der Waals surface area contributed by atoms with E-state index in [2.05, 4.69) is 68.2 Å². The van der Waals surface area contributed by atoms with E-state index in [0.29, 0.717) is 5.71 Å². The number of aromatic nitrogens is 4. The van der Waals surface area contributed by atoms with Crippen LogP contribution in [0.25, 0.3) is 22.3 Å². The van der Waals surface area contributed by atoms with Gasteiger partial charge in [-0.15, -0.1) is 10.2 Å². The maximum Gasteiger partial charge on any atom is 0.191 e. The molecule has 0 radical (unpaired) electrons. The topological polar surface area (TPSA) is 82.7 Å². The van der Waals surface area contributed by atoms with Crippen molar-refractivity contribution in [2.24, 2.45) is 7.05 Å². The molecule has 0 fully saturated rings. The minimum Gasteiger partial charge on any atom is -0.388 e. The van der Waals surface area contributed by atoms with Crippen molar-refractivity contribution in [1.82, 2.24) is 24.6 Å². The summed E-state index contributed by atoms with van der Waals surface area (Å²) in [4.78, 5) is 7.25. The molecule has 0 atom stereocenters. The molecule has 0 unspecified atom stereocenters. The van der Waals surface area contributed by atoms with Crippen molar-refractivity contribution in [3.63, 3.8) is 0 Å². The molecule has 0 amide bonds. The average molecular weight is 528 g/mol. The predicted octanol–water partition coefficient (Wildman–Crippen LogP) is 5.74. The standard InChI is InChI=1S/C30H37N7S/c1-5-26(31)25-18-21-12-15-37(16-13-22(21)19-28(25)32-3)14-7-17-38-30-35-34-29(36(30)4)24-8-6-9-27-23(24)11-10-20(2)33-27/h6,8-11,18-19,31-32H,5,7,12-17H2,1-4H3. The van der Waals surface area contributed by atoms with Gasteiger partial charge in [0.1, 0.15) is 0 Å². The van der Waals surface area contributed by atoms with Crippen LogP contribution in [-0.2, 0) is 19.9 Å². The fraction of sp³-hybridized carbons (Fsp3) is 0.400. The molecule has 7 nitrogen and oxygen atoms in total. The first-order valence-electron chi connectivity index (χ1n) is 13.5. The highest BCUT2D eigenvalue weighted by Crippen LogP contribution is 2.29.